The summed E-state index contributed by atoms with van der Waals surface area (Å²) in [6.45, 7) is 1.90. The van der Waals surface area contributed by atoms with E-state index in [0.717, 1.165) is 11.1 Å². The second kappa shape index (κ2) is 9.76. The van der Waals surface area contributed by atoms with Crippen LogP contribution in [0.2, 0.25) is 0 Å². The summed E-state index contributed by atoms with van der Waals surface area (Å²) in [6.07, 6.45) is 0.824. The number of ether oxygens (including phenoxy) is 2. The molecule has 0 aromatic heterocycles. The van der Waals surface area contributed by atoms with Gasteiger partial charge in [-0.2, -0.15) is 0 Å². The molecule has 158 valence electrons. The Morgan fingerprint density at radius 1 is 1.03 bits per heavy atom. The predicted octanol–water partition coefficient (Wildman–Crippen LogP) is 2.76. The Morgan fingerprint density at radius 3 is 2.21 bits per heavy atom. The number of carbonyl (C=O) groups excluding carboxylic acids is 1. The van der Waals surface area contributed by atoms with Gasteiger partial charge < -0.3 is 14.8 Å². The van der Waals surface area contributed by atoms with E-state index >= 15 is 0 Å². The number of rotatable bonds is 9. The number of nitrogens with zero attached hydrogens (tertiary/aromatic N) is 1. The molecule has 0 saturated heterocycles. The summed E-state index contributed by atoms with van der Waals surface area (Å²) in [6, 6.07) is 12.0. The topological polar surface area (TPSA) is 84.9 Å². The molecule has 1 amide bonds. The van der Waals surface area contributed by atoms with Gasteiger partial charge in [-0.15, -0.1) is 0 Å². The Labute approximate surface area is 172 Å². The third kappa shape index (κ3) is 5.71. The van der Waals surface area contributed by atoms with E-state index in [1.54, 1.807) is 44.6 Å². The molecule has 0 fully saturated rings. The first-order valence-electron chi connectivity index (χ1n) is 9.21. The number of carbonyl (C=O) groups is 1. The van der Waals surface area contributed by atoms with Crippen LogP contribution in [0, 0.1) is 0 Å². The summed E-state index contributed by atoms with van der Waals surface area (Å²) >= 11 is 0. The van der Waals surface area contributed by atoms with E-state index in [4.69, 9.17) is 9.47 Å². The number of aryl methyl sites for hydroxylation is 1. The number of nitrogens with one attached hydrogen (secondary N) is 1. The largest absolute Gasteiger partial charge is 0.493 e. The van der Waals surface area contributed by atoms with Gasteiger partial charge in [0.15, 0.2) is 11.5 Å². The molecule has 29 heavy (non-hydrogen) atoms. The van der Waals surface area contributed by atoms with Gasteiger partial charge in [-0.25, -0.2) is 12.7 Å². The molecule has 2 rings (SSSR count). The second-order valence-electron chi connectivity index (χ2n) is 6.84. The highest BCUT2D eigenvalue weighted by atomic mass is 32.2. The highest BCUT2D eigenvalue weighted by Crippen LogP contribution is 2.29. The average Bonchev–Trinajstić information content (AvgIpc) is 2.71. The Bertz CT molecular complexity index is 940. The van der Waals surface area contributed by atoms with Crippen LogP contribution in [0.4, 0.5) is 0 Å². The first kappa shape index (κ1) is 22.7. The molecule has 1 atom stereocenters. The molecule has 2 aromatic carbocycles. The maximum absolute atomic E-state index is 12.3. The smallest absolute Gasteiger partial charge is 0.242 e. The van der Waals surface area contributed by atoms with Crippen LogP contribution >= 0.6 is 0 Å². The standard InChI is InChI=1S/C21H28N2O5S/c1-15(17-9-12-19(27-4)20(14-17)28-5)22-21(24)13-8-16-6-10-18(11-7-16)29(25,26)23(2)3/h6-7,9-12,14-15H,8,13H2,1-5H3,(H,22,24)/t15-/m0/s1. The first-order chi connectivity index (χ1) is 13.7. The molecule has 0 bridgehead atoms. The second-order valence-corrected chi connectivity index (χ2v) is 8.99. The lowest BCUT2D eigenvalue weighted by Gasteiger charge is -2.16. The number of sulfonamides is 1. The van der Waals surface area contributed by atoms with Crippen LogP contribution in [0.3, 0.4) is 0 Å². The monoisotopic (exact) mass is 420 g/mol. The molecular weight excluding hydrogens is 392 g/mol. The molecule has 1 N–H and O–H groups in total. The Balaban J connectivity index is 1.94. The third-order valence-electron chi connectivity index (χ3n) is 4.63. The molecule has 0 aliphatic heterocycles. The van der Waals surface area contributed by atoms with Crippen molar-refractivity contribution in [3.63, 3.8) is 0 Å². The summed E-state index contributed by atoms with van der Waals surface area (Å²) in [4.78, 5) is 12.6. The fourth-order valence-corrected chi connectivity index (χ4v) is 3.72. The molecule has 0 heterocycles. The summed E-state index contributed by atoms with van der Waals surface area (Å²) in [5.74, 6) is 1.16. The summed E-state index contributed by atoms with van der Waals surface area (Å²) in [5.41, 5.74) is 1.81. The lowest BCUT2D eigenvalue weighted by atomic mass is 10.1. The number of hydrogen-bond acceptors (Lipinski definition) is 5. The van der Waals surface area contributed by atoms with E-state index in [0.29, 0.717) is 24.3 Å². The SMILES string of the molecule is COc1ccc([C@H](C)NC(=O)CCc2ccc(S(=O)(=O)N(C)C)cc2)cc1OC. The lowest BCUT2D eigenvalue weighted by molar-refractivity contribution is -0.121. The zero-order chi connectivity index (χ0) is 21.6. The number of amides is 1. The molecule has 8 heteroatoms. The van der Waals surface area contributed by atoms with Crippen molar-refractivity contribution < 1.29 is 22.7 Å². The van der Waals surface area contributed by atoms with E-state index in [2.05, 4.69) is 5.32 Å². The number of hydrogen-bond donors (Lipinski definition) is 1. The van der Waals surface area contributed by atoms with Gasteiger partial charge in [0.2, 0.25) is 15.9 Å². The van der Waals surface area contributed by atoms with Gasteiger partial charge in [0.1, 0.15) is 0 Å². The minimum atomic E-state index is -3.45. The fourth-order valence-electron chi connectivity index (χ4n) is 2.82. The van der Waals surface area contributed by atoms with Crippen molar-refractivity contribution in [1.82, 2.24) is 9.62 Å². The molecule has 0 aliphatic rings. The number of benzene rings is 2. The van der Waals surface area contributed by atoms with Crippen LogP contribution in [0.1, 0.15) is 30.5 Å². The van der Waals surface area contributed by atoms with Crippen LogP contribution in [0.5, 0.6) is 11.5 Å². The predicted molar refractivity (Wildman–Crippen MR) is 112 cm³/mol. The maximum Gasteiger partial charge on any atom is 0.242 e. The van der Waals surface area contributed by atoms with Gasteiger partial charge in [0.25, 0.3) is 0 Å². The van der Waals surface area contributed by atoms with Crippen LogP contribution in [0.15, 0.2) is 47.4 Å². The van der Waals surface area contributed by atoms with Gasteiger partial charge >= 0.3 is 0 Å². The van der Waals surface area contributed by atoms with Crippen molar-refractivity contribution in [1.29, 1.82) is 0 Å². The minimum absolute atomic E-state index is 0.0859. The zero-order valence-electron chi connectivity index (χ0n) is 17.4. The lowest BCUT2D eigenvalue weighted by Crippen LogP contribution is -2.26. The quantitative estimate of drug-likeness (QED) is 0.674. The number of methoxy groups -OCH3 is 2. The van der Waals surface area contributed by atoms with E-state index in [1.165, 1.54) is 18.4 Å². The van der Waals surface area contributed by atoms with E-state index in [1.807, 2.05) is 19.1 Å². The third-order valence-corrected chi connectivity index (χ3v) is 6.46. The van der Waals surface area contributed by atoms with Crippen LogP contribution in [-0.4, -0.2) is 46.9 Å². The normalized spacial score (nSPS) is 12.5. The van der Waals surface area contributed by atoms with Crippen LogP contribution in [0.25, 0.3) is 0 Å². The molecule has 0 aliphatic carbocycles. The molecule has 0 spiro atoms. The Kier molecular flexibility index (Phi) is 7.64. The van der Waals surface area contributed by atoms with Crippen molar-refractivity contribution in [2.75, 3.05) is 28.3 Å². The van der Waals surface area contributed by atoms with Crippen molar-refractivity contribution in [2.24, 2.45) is 0 Å². The zero-order valence-corrected chi connectivity index (χ0v) is 18.2. The summed E-state index contributed by atoms with van der Waals surface area (Å²) < 4.78 is 35.9. The van der Waals surface area contributed by atoms with Gasteiger partial charge in [0, 0.05) is 20.5 Å². The van der Waals surface area contributed by atoms with Crippen LogP contribution in [-0.2, 0) is 21.2 Å². The van der Waals surface area contributed by atoms with Gasteiger partial charge in [0.05, 0.1) is 25.2 Å². The minimum Gasteiger partial charge on any atom is -0.493 e. The summed E-state index contributed by atoms with van der Waals surface area (Å²) in [5, 5.41) is 2.97. The highest BCUT2D eigenvalue weighted by molar-refractivity contribution is 7.89. The van der Waals surface area contributed by atoms with Crippen LogP contribution < -0.4 is 14.8 Å². The summed E-state index contributed by atoms with van der Waals surface area (Å²) in [7, 11) is 2.68. The van der Waals surface area contributed by atoms with Crippen molar-refractivity contribution in [3.8, 4) is 11.5 Å². The molecule has 2 aromatic rings. The van der Waals surface area contributed by atoms with E-state index in [-0.39, 0.29) is 16.8 Å². The van der Waals surface area contributed by atoms with Gasteiger partial charge in [-0.3, -0.25) is 4.79 Å². The average molecular weight is 421 g/mol. The molecule has 0 radical (unpaired) electrons. The van der Waals surface area contributed by atoms with Crippen molar-refractivity contribution in [2.45, 2.75) is 30.7 Å². The Morgan fingerprint density at radius 2 is 1.66 bits per heavy atom. The van der Waals surface area contributed by atoms with Gasteiger partial charge in [-0.05, 0) is 48.7 Å². The molecule has 0 saturated carbocycles. The van der Waals surface area contributed by atoms with Crippen molar-refractivity contribution in [3.05, 3.63) is 53.6 Å². The first-order valence-corrected chi connectivity index (χ1v) is 10.7. The fraction of sp³-hybridized carbons (Fsp3) is 0.381. The van der Waals surface area contributed by atoms with E-state index < -0.39 is 10.0 Å². The highest BCUT2D eigenvalue weighted by Gasteiger charge is 2.17. The molecule has 0 unspecified atom stereocenters. The Hall–Kier alpha value is -2.58. The molecule has 7 nitrogen and oxygen atoms in total. The van der Waals surface area contributed by atoms with Crippen molar-refractivity contribution >= 4 is 15.9 Å². The molecular formula is C21H28N2O5S. The maximum atomic E-state index is 12.3. The van der Waals surface area contributed by atoms with Gasteiger partial charge in [-0.1, -0.05) is 18.2 Å². The van der Waals surface area contributed by atoms with E-state index in [9.17, 15) is 13.2 Å².